The Morgan fingerprint density at radius 2 is 1.79 bits per heavy atom. The quantitative estimate of drug-likeness (QED) is 0.438. The van der Waals surface area contributed by atoms with E-state index in [-0.39, 0.29) is 24.3 Å². The molecule has 2 aromatic heterocycles. The molecule has 34 heavy (non-hydrogen) atoms. The lowest BCUT2D eigenvalue weighted by molar-refractivity contribution is -0.116. The molecule has 0 saturated carbocycles. The fourth-order valence-electron chi connectivity index (χ4n) is 4.33. The van der Waals surface area contributed by atoms with Gasteiger partial charge in [0, 0.05) is 29.6 Å². The predicted octanol–water partition coefficient (Wildman–Crippen LogP) is 4.98. The molecule has 2 heterocycles. The Morgan fingerprint density at radius 1 is 1.06 bits per heavy atom. The maximum atomic E-state index is 13.9. The van der Waals surface area contributed by atoms with Gasteiger partial charge < -0.3 is 5.32 Å². The van der Waals surface area contributed by atoms with Gasteiger partial charge in [-0.2, -0.15) is 5.10 Å². The van der Waals surface area contributed by atoms with E-state index in [1.807, 2.05) is 20.8 Å². The third kappa shape index (κ3) is 4.23. The number of halogens is 2. The zero-order valence-electron chi connectivity index (χ0n) is 19.6. The standard InChI is InChI=1S/C26H26F2N4O2/c1-5-31-25-24(17(4)30-32(25)20-8-6-7-18(27)13-20)16(3)21(26(31)34)11-12-23(33)29-22-14-19(28)10-9-15(22)2/h6-10,13-14H,5,11-12H2,1-4H3,(H,29,33). The lowest BCUT2D eigenvalue weighted by Gasteiger charge is -2.15. The predicted molar refractivity (Wildman–Crippen MR) is 129 cm³/mol. The molecule has 0 fully saturated rings. The van der Waals surface area contributed by atoms with Crippen molar-refractivity contribution in [2.75, 3.05) is 5.32 Å². The van der Waals surface area contributed by atoms with E-state index in [2.05, 4.69) is 10.4 Å². The first-order valence-corrected chi connectivity index (χ1v) is 11.1. The maximum absolute atomic E-state index is 13.9. The summed E-state index contributed by atoms with van der Waals surface area (Å²) >= 11 is 0. The van der Waals surface area contributed by atoms with Gasteiger partial charge in [0.05, 0.1) is 11.4 Å². The van der Waals surface area contributed by atoms with E-state index < -0.39 is 11.6 Å². The van der Waals surface area contributed by atoms with E-state index in [9.17, 15) is 18.4 Å². The molecule has 0 spiro atoms. The maximum Gasteiger partial charge on any atom is 0.255 e. The minimum atomic E-state index is -0.432. The second kappa shape index (κ2) is 9.21. The Hall–Kier alpha value is -3.81. The molecule has 176 valence electrons. The van der Waals surface area contributed by atoms with Crippen molar-refractivity contribution in [2.24, 2.45) is 0 Å². The van der Waals surface area contributed by atoms with Crippen LogP contribution >= 0.6 is 0 Å². The number of nitrogens with one attached hydrogen (secondary N) is 1. The molecule has 6 nitrogen and oxygen atoms in total. The minimum Gasteiger partial charge on any atom is -0.326 e. The molecule has 4 aromatic rings. The van der Waals surface area contributed by atoms with Gasteiger partial charge >= 0.3 is 0 Å². The SMILES string of the molecule is CCn1c(=O)c(CCC(=O)Nc2cc(F)ccc2C)c(C)c2c(C)nn(-c3cccc(F)c3)c21. The number of nitrogens with zero attached hydrogens (tertiary/aromatic N) is 3. The minimum absolute atomic E-state index is 0.0678. The lowest BCUT2D eigenvalue weighted by atomic mass is 10.0. The van der Waals surface area contributed by atoms with Gasteiger partial charge in [-0.1, -0.05) is 12.1 Å². The number of amides is 1. The Bertz CT molecular complexity index is 1470. The van der Waals surface area contributed by atoms with E-state index in [1.54, 1.807) is 34.4 Å². The number of carbonyl (C=O) groups is 1. The van der Waals surface area contributed by atoms with Gasteiger partial charge in [0.1, 0.15) is 17.3 Å². The van der Waals surface area contributed by atoms with Crippen molar-refractivity contribution in [3.63, 3.8) is 0 Å². The highest BCUT2D eigenvalue weighted by Gasteiger charge is 2.21. The second-order valence-electron chi connectivity index (χ2n) is 8.34. The van der Waals surface area contributed by atoms with E-state index in [1.165, 1.54) is 24.3 Å². The summed E-state index contributed by atoms with van der Waals surface area (Å²) in [7, 11) is 0. The number of aromatic nitrogens is 3. The second-order valence-corrected chi connectivity index (χ2v) is 8.34. The number of aryl methyl sites for hydroxylation is 4. The van der Waals surface area contributed by atoms with Crippen LogP contribution in [-0.4, -0.2) is 20.3 Å². The van der Waals surface area contributed by atoms with Crippen LogP contribution in [0.3, 0.4) is 0 Å². The number of fused-ring (bicyclic) bond motifs is 1. The molecular weight excluding hydrogens is 438 g/mol. The zero-order chi connectivity index (χ0) is 24.6. The molecule has 0 aliphatic rings. The molecule has 0 bridgehead atoms. The summed E-state index contributed by atoms with van der Waals surface area (Å²) in [5.74, 6) is -1.13. The van der Waals surface area contributed by atoms with Crippen molar-refractivity contribution in [3.8, 4) is 5.69 Å². The molecule has 1 N–H and O–H groups in total. The van der Waals surface area contributed by atoms with Gasteiger partial charge in [-0.25, -0.2) is 13.5 Å². The number of anilines is 1. The highest BCUT2D eigenvalue weighted by atomic mass is 19.1. The van der Waals surface area contributed by atoms with Crippen LogP contribution in [0.1, 0.15) is 35.7 Å². The molecule has 0 radical (unpaired) electrons. The van der Waals surface area contributed by atoms with Gasteiger partial charge in [0.15, 0.2) is 0 Å². The molecule has 0 unspecified atom stereocenters. The van der Waals surface area contributed by atoms with Crippen LogP contribution in [0, 0.1) is 32.4 Å². The Morgan fingerprint density at radius 3 is 2.50 bits per heavy atom. The van der Waals surface area contributed by atoms with E-state index in [0.29, 0.717) is 34.8 Å². The molecule has 1 amide bonds. The normalized spacial score (nSPS) is 11.2. The fourth-order valence-corrected chi connectivity index (χ4v) is 4.33. The summed E-state index contributed by atoms with van der Waals surface area (Å²) in [5, 5.41) is 8.13. The Kier molecular flexibility index (Phi) is 6.32. The molecule has 0 aliphatic heterocycles. The summed E-state index contributed by atoms with van der Waals surface area (Å²) in [6.45, 7) is 7.72. The zero-order valence-corrected chi connectivity index (χ0v) is 19.6. The van der Waals surface area contributed by atoms with Crippen LogP contribution in [0.2, 0.25) is 0 Å². The summed E-state index contributed by atoms with van der Waals surface area (Å²) < 4.78 is 30.6. The highest BCUT2D eigenvalue weighted by molar-refractivity contribution is 5.92. The average Bonchev–Trinajstić information content (AvgIpc) is 3.13. The Balaban J connectivity index is 1.72. The number of rotatable bonds is 6. The van der Waals surface area contributed by atoms with Crippen molar-refractivity contribution >= 4 is 22.6 Å². The average molecular weight is 465 g/mol. The molecule has 2 aromatic carbocycles. The molecule has 0 atom stereocenters. The molecule has 0 aliphatic carbocycles. The largest absolute Gasteiger partial charge is 0.326 e. The van der Waals surface area contributed by atoms with E-state index >= 15 is 0 Å². The van der Waals surface area contributed by atoms with Gasteiger partial charge in [0.2, 0.25) is 5.91 Å². The first-order valence-electron chi connectivity index (χ1n) is 11.1. The molecular formula is C26H26F2N4O2. The van der Waals surface area contributed by atoms with Gasteiger partial charge in [0.25, 0.3) is 5.56 Å². The third-order valence-electron chi connectivity index (χ3n) is 6.07. The van der Waals surface area contributed by atoms with Crippen molar-refractivity contribution in [3.05, 3.63) is 86.8 Å². The van der Waals surface area contributed by atoms with Crippen LogP contribution in [-0.2, 0) is 17.8 Å². The van der Waals surface area contributed by atoms with Gasteiger partial charge in [-0.15, -0.1) is 0 Å². The van der Waals surface area contributed by atoms with Crippen LogP contribution in [0.15, 0.2) is 47.3 Å². The number of benzene rings is 2. The summed E-state index contributed by atoms with van der Waals surface area (Å²) in [4.78, 5) is 26.0. The lowest BCUT2D eigenvalue weighted by Crippen LogP contribution is -2.27. The van der Waals surface area contributed by atoms with Gasteiger partial charge in [-0.05, 0) is 75.6 Å². The van der Waals surface area contributed by atoms with Gasteiger partial charge in [-0.3, -0.25) is 14.2 Å². The van der Waals surface area contributed by atoms with Crippen molar-refractivity contribution in [1.82, 2.24) is 14.3 Å². The van der Waals surface area contributed by atoms with Crippen molar-refractivity contribution < 1.29 is 13.6 Å². The summed E-state index contributed by atoms with van der Waals surface area (Å²) in [5.41, 5.74) is 4.06. The van der Waals surface area contributed by atoms with Crippen LogP contribution in [0.4, 0.5) is 14.5 Å². The number of hydrogen-bond acceptors (Lipinski definition) is 3. The number of carbonyl (C=O) groups excluding carboxylic acids is 1. The topological polar surface area (TPSA) is 68.9 Å². The fraction of sp³-hybridized carbons (Fsp3) is 0.269. The summed E-state index contributed by atoms with van der Waals surface area (Å²) in [6, 6.07) is 10.3. The van der Waals surface area contributed by atoms with E-state index in [4.69, 9.17) is 0 Å². The molecule has 0 saturated heterocycles. The van der Waals surface area contributed by atoms with E-state index in [0.717, 1.165) is 16.5 Å². The third-order valence-corrected chi connectivity index (χ3v) is 6.07. The number of hydrogen-bond donors (Lipinski definition) is 1. The molecule has 4 rings (SSSR count). The first-order chi connectivity index (χ1) is 16.2. The molecule has 8 heteroatoms. The highest BCUT2D eigenvalue weighted by Crippen LogP contribution is 2.27. The number of pyridine rings is 1. The monoisotopic (exact) mass is 464 g/mol. The van der Waals surface area contributed by atoms with Crippen LogP contribution < -0.4 is 10.9 Å². The van der Waals surface area contributed by atoms with Crippen LogP contribution in [0.25, 0.3) is 16.7 Å². The smallest absolute Gasteiger partial charge is 0.255 e. The van der Waals surface area contributed by atoms with Crippen LogP contribution in [0.5, 0.6) is 0 Å². The Labute approximate surface area is 195 Å². The summed E-state index contributed by atoms with van der Waals surface area (Å²) in [6.07, 6.45) is 0.295. The first kappa shape index (κ1) is 23.4. The van der Waals surface area contributed by atoms with Crippen molar-refractivity contribution in [2.45, 2.75) is 47.1 Å². The van der Waals surface area contributed by atoms with Crippen molar-refractivity contribution in [1.29, 1.82) is 0 Å².